The van der Waals surface area contributed by atoms with Crippen molar-refractivity contribution in [2.45, 2.75) is 59.2 Å². The Labute approximate surface area is 122 Å². The normalized spacial score (nSPS) is 16.8. The molecule has 0 radical (unpaired) electrons. The minimum absolute atomic E-state index is 0.728. The highest BCUT2D eigenvalue weighted by Gasteiger charge is 2.20. The first kappa shape index (κ1) is 15.4. The van der Waals surface area contributed by atoms with Crippen LogP contribution in [0.2, 0.25) is 0 Å². The van der Waals surface area contributed by atoms with Crippen molar-refractivity contribution in [2.24, 2.45) is 5.92 Å². The molecule has 1 aromatic heterocycles. The van der Waals surface area contributed by atoms with Crippen LogP contribution >= 0.6 is 0 Å². The number of hydrogen-bond acceptors (Lipinski definition) is 4. The molecule has 0 bridgehead atoms. The Morgan fingerprint density at radius 3 is 2.90 bits per heavy atom. The summed E-state index contributed by atoms with van der Waals surface area (Å²) in [5.74, 6) is 0.768. The minimum atomic E-state index is 0.728. The molecule has 0 amide bonds. The third-order valence-electron chi connectivity index (χ3n) is 4.09. The molecule has 0 spiro atoms. The molecule has 1 unspecified atom stereocenters. The fourth-order valence-electron chi connectivity index (χ4n) is 2.26. The topological polar surface area (TPSA) is 46.0 Å². The van der Waals surface area contributed by atoms with Gasteiger partial charge < -0.3 is 10.2 Å². The first-order chi connectivity index (χ1) is 9.71. The van der Waals surface area contributed by atoms with Gasteiger partial charge in [0.2, 0.25) is 0 Å². The fraction of sp³-hybridized carbons (Fsp3) is 0.867. The Hall–Kier alpha value is -0.940. The van der Waals surface area contributed by atoms with Gasteiger partial charge in [0.25, 0.3) is 0 Å². The molecular weight excluding hydrogens is 250 g/mol. The standard InChI is InChI=1S/C15H29N5/c1-4-13(3)11-19(5-2)8-9-20-12-15(17-18-20)10-16-14-6-7-14/h12-14,16H,4-11H2,1-3H3. The van der Waals surface area contributed by atoms with E-state index in [1.165, 1.54) is 25.8 Å². The highest BCUT2D eigenvalue weighted by atomic mass is 15.4. The summed E-state index contributed by atoms with van der Waals surface area (Å²) < 4.78 is 1.98. The Bertz CT molecular complexity index is 385. The monoisotopic (exact) mass is 279 g/mol. The molecule has 1 aliphatic carbocycles. The Morgan fingerprint density at radius 2 is 2.25 bits per heavy atom. The van der Waals surface area contributed by atoms with Crippen molar-refractivity contribution < 1.29 is 0 Å². The van der Waals surface area contributed by atoms with Gasteiger partial charge in [0.05, 0.1) is 12.2 Å². The summed E-state index contributed by atoms with van der Waals surface area (Å²) in [6, 6.07) is 0.728. The van der Waals surface area contributed by atoms with E-state index < -0.39 is 0 Å². The minimum Gasteiger partial charge on any atom is -0.308 e. The van der Waals surface area contributed by atoms with E-state index in [0.29, 0.717) is 0 Å². The molecule has 1 saturated carbocycles. The summed E-state index contributed by atoms with van der Waals surface area (Å²) in [6.45, 7) is 11.9. The van der Waals surface area contributed by atoms with Crippen LogP contribution in [0.15, 0.2) is 6.20 Å². The predicted molar refractivity (Wildman–Crippen MR) is 81.5 cm³/mol. The molecule has 1 N–H and O–H groups in total. The van der Waals surface area contributed by atoms with Crippen LogP contribution in [0.5, 0.6) is 0 Å². The Morgan fingerprint density at radius 1 is 1.45 bits per heavy atom. The van der Waals surface area contributed by atoms with Gasteiger partial charge in [-0.1, -0.05) is 32.4 Å². The van der Waals surface area contributed by atoms with Crippen molar-refractivity contribution in [3.8, 4) is 0 Å². The second-order valence-corrected chi connectivity index (χ2v) is 6.03. The second kappa shape index (κ2) is 7.74. The van der Waals surface area contributed by atoms with Gasteiger partial charge in [-0.25, -0.2) is 0 Å². The van der Waals surface area contributed by atoms with Crippen LogP contribution in [0.3, 0.4) is 0 Å². The summed E-state index contributed by atoms with van der Waals surface area (Å²) >= 11 is 0. The summed E-state index contributed by atoms with van der Waals surface area (Å²) in [5, 5.41) is 11.9. The maximum atomic E-state index is 4.23. The molecule has 114 valence electrons. The zero-order valence-electron chi connectivity index (χ0n) is 13.2. The maximum absolute atomic E-state index is 4.23. The molecule has 20 heavy (non-hydrogen) atoms. The highest BCUT2D eigenvalue weighted by molar-refractivity contribution is 4.94. The SMILES string of the molecule is CCC(C)CN(CC)CCn1cc(CNC2CC2)nn1. The van der Waals surface area contributed by atoms with Gasteiger partial charge in [0.1, 0.15) is 0 Å². The third kappa shape index (κ3) is 5.21. The highest BCUT2D eigenvalue weighted by Crippen LogP contribution is 2.18. The van der Waals surface area contributed by atoms with Gasteiger partial charge in [-0.15, -0.1) is 5.10 Å². The number of nitrogens with one attached hydrogen (secondary N) is 1. The average molecular weight is 279 g/mol. The average Bonchev–Trinajstić information content (AvgIpc) is 3.19. The lowest BCUT2D eigenvalue weighted by Gasteiger charge is -2.23. The first-order valence-electron chi connectivity index (χ1n) is 8.06. The number of aromatic nitrogens is 3. The number of likely N-dealkylation sites (N-methyl/N-ethyl adjacent to an activating group) is 1. The molecule has 0 aliphatic heterocycles. The van der Waals surface area contributed by atoms with Gasteiger partial charge in [-0.05, 0) is 25.3 Å². The first-order valence-corrected chi connectivity index (χ1v) is 8.06. The van der Waals surface area contributed by atoms with E-state index in [-0.39, 0.29) is 0 Å². The third-order valence-corrected chi connectivity index (χ3v) is 4.09. The smallest absolute Gasteiger partial charge is 0.0964 e. The Balaban J connectivity index is 1.71. The van der Waals surface area contributed by atoms with Gasteiger partial charge in [0, 0.05) is 31.9 Å². The summed E-state index contributed by atoms with van der Waals surface area (Å²) in [5.41, 5.74) is 1.06. The van der Waals surface area contributed by atoms with Gasteiger partial charge in [0.15, 0.2) is 0 Å². The van der Waals surface area contributed by atoms with Gasteiger partial charge in [-0.3, -0.25) is 4.68 Å². The Kier molecular flexibility index (Phi) is 5.98. The maximum Gasteiger partial charge on any atom is 0.0964 e. The van der Waals surface area contributed by atoms with Crippen LogP contribution in [-0.2, 0) is 13.1 Å². The van der Waals surface area contributed by atoms with Crippen molar-refractivity contribution in [2.75, 3.05) is 19.6 Å². The van der Waals surface area contributed by atoms with Crippen molar-refractivity contribution >= 4 is 0 Å². The molecule has 1 atom stereocenters. The van der Waals surface area contributed by atoms with Crippen LogP contribution < -0.4 is 5.32 Å². The quantitative estimate of drug-likeness (QED) is 0.710. The molecule has 0 aromatic carbocycles. The molecule has 0 saturated heterocycles. The number of nitrogens with zero attached hydrogens (tertiary/aromatic N) is 4. The van der Waals surface area contributed by atoms with Crippen molar-refractivity contribution in [3.05, 3.63) is 11.9 Å². The van der Waals surface area contributed by atoms with Crippen LogP contribution in [0.1, 0.15) is 45.7 Å². The lowest BCUT2D eigenvalue weighted by atomic mass is 10.1. The predicted octanol–water partition coefficient (Wildman–Crippen LogP) is 1.90. The molecule has 1 heterocycles. The number of hydrogen-bond donors (Lipinski definition) is 1. The molecule has 1 aliphatic rings. The van der Waals surface area contributed by atoms with Crippen molar-refractivity contribution in [1.82, 2.24) is 25.2 Å². The molecule has 1 aromatic rings. The largest absolute Gasteiger partial charge is 0.308 e. The summed E-state index contributed by atoms with van der Waals surface area (Å²) in [7, 11) is 0. The van der Waals surface area contributed by atoms with E-state index in [2.05, 4.69) is 47.5 Å². The zero-order valence-corrected chi connectivity index (χ0v) is 13.2. The lowest BCUT2D eigenvalue weighted by molar-refractivity contribution is 0.233. The van der Waals surface area contributed by atoms with E-state index in [1.807, 2.05) is 4.68 Å². The van der Waals surface area contributed by atoms with E-state index >= 15 is 0 Å². The molecule has 5 nitrogen and oxygen atoms in total. The van der Waals surface area contributed by atoms with Crippen LogP contribution in [0, 0.1) is 5.92 Å². The van der Waals surface area contributed by atoms with Crippen LogP contribution in [0.4, 0.5) is 0 Å². The fourth-order valence-corrected chi connectivity index (χ4v) is 2.26. The van der Waals surface area contributed by atoms with Crippen molar-refractivity contribution in [3.63, 3.8) is 0 Å². The van der Waals surface area contributed by atoms with E-state index in [9.17, 15) is 0 Å². The van der Waals surface area contributed by atoms with E-state index in [1.54, 1.807) is 0 Å². The zero-order chi connectivity index (χ0) is 14.4. The van der Waals surface area contributed by atoms with Gasteiger partial charge >= 0.3 is 0 Å². The number of rotatable bonds is 10. The van der Waals surface area contributed by atoms with Crippen LogP contribution in [-0.4, -0.2) is 45.6 Å². The lowest BCUT2D eigenvalue weighted by Crippen LogP contribution is -2.31. The molecule has 5 heteroatoms. The van der Waals surface area contributed by atoms with E-state index in [4.69, 9.17) is 0 Å². The van der Waals surface area contributed by atoms with Crippen LogP contribution in [0.25, 0.3) is 0 Å². The second-order valence-electron chi connectivity index (χ2n) is 6.03. The van der Waals surface area contributed by atoms with Crippen molar-refractivity contribution in [1.29, 1.82) is 0 Å². The molecular formula is C15H29N5. The summed E-state index contributed by atoms with van der Waals surface area (Å²) in [4.78, 5) is 2.50. The molecule has 2 rings (SSSR count). The molecule has 1 fully saturated rings. The van der Waals surface area contributed by atoms with Gasteiger partial charge in [-0.2, -0.15) is 0 Å². The summed E-state index contributed by atoms with van der Waals surface area (Å²) in [6.07, 6.45) is 5.95. The van der Waals surface area contributed by atoms with E-state index in [0.717, 1.165) is 43.8 Å².